The Morgan fingerprint density at radius 2 is 1.56 bits per heavy atom. The zero-order valence-corrected chi connectivity index (χ0v) is 9.80. The molecule has 1 saturated heterocycles. The van der Waals surface area contributed by atoms with E-state index >= 15 is 0 Å². The summed E-state index contributed by atoms with van der Waals surface area (Å²) < 4.78 is 0. The van der Waals surface area contributed by atoms with Crippen LogP contribution in [0.25, 0.3) is 0 Å². The number of hydrogen-bond acceptors (Lipinski definition) is 6. The molecule has 0 bridgehead atoms. The van der Waals surface area contributed by atoms with Gasteiger partial charge in [-0.25, -0.2) is 0 Å². The normalized spacial score (nSPS) is 28.6. The summed E-state index contributed by atoms with van der Waals surface area (Å²) in [6, 6.07) is 4.28. The number of hydrogen-bond donors (Lipinski definition) is 1. The van der Waals surface area contributed by atoms with Gasteiger partial charge in [0.05, 0.1) is 44.2 Å². The van der Waals surface area contributed by atoms with Gasteiger partial charge in [-0.05, 0) is 13.8 Å². The molecule has 0 amide bonds. The highest BCUT2D eigenvalue weighted by Gasteiger charge is 2.34. The van der Waals surface area contributed by atoms with Crippen LogP contribution in [0.15, 0.2) is 0 Å². The largest absolute Gasteiger partial charge is 0.318 e. The van der Waals surface area contributed by atoms with Crippen molar-refractivity contribution in [3.05, 3.63) is 0 Å². The van der Waals surface area contributed by atoms with E-state index in [9.17, 15) is 0 Å². The molecule has 88 valence electrons. The summed E-state index contributed by atoms with van der Waals surface area (Å²) >= 11 is 0. The Hall–Kier alpha value is -1.18. The molecule has 1 rings (SSSR count). The standard InChI is InChI=1S/C10H18N6/c1-9-14(5-3-11)8-15(6-4-12)10(2)16(9)7-13/h9-10H,5-8,13H2,1-2H3. The summed E-state index contributed by atoms with van der Waals surface area (Å²) in [5.74, 6) is 0. The fourth-order valence-corrected chi connectivity index (χ4v) is 2.05. The maximum absolute atomic E-state index is 8.75. The molecular formula is C10H18N6. The minimum atomic E-state index is 0.134. The Labute approximate surface area is 96.4 Å². The zero-order valence-electron chi connectivity index (χ0n) is 9.80. The first kappa shape index (κ1) is 12.9. The van der Waals surface area contributed by atoms with Gasteiger partial charge in [0.15, 0.2) is 0 Å². The Morgan fingerprint density at radius 3 is 1.88 bits per heavy atom. The number of nitrogens with two attached hydrogens (primary N) is 1. The summed E-state index contributed by atoms with van der Waals surface area (Å²) in [6.07, 6.45) is 0.268. The maximum Gasteiger partial charge on any atom is 0.0888 e. The van der Waals surface area contributed by atoms with Gasteiger partial charge in [-0.1, -0.05) is 0 Å². The van der Waals surface area contributed by atoms with Crippen molar-refractivity contribution >= 4 is 0 Å². The third-order valence-corrected chi connectivity index (χ3v) is 3.14. The van der Waals surface area contributed by atoms with Crippen LogP contribution < -0.4 is 5.73 Å². The van der Waals surface area contributed by atoms with Crippen LogP contribution in [0.3, 0.4) is 0 Å². The Balaban J connectivity index is 2.79. The number of nitriles is 2. The Morgan fingerprint density at radius 1 is 1.12 bits per heavy atom. The van der Waals surface area contributed by atoms with E-state index in [0.29, 0.717) is 26.4 Å². The maximum atomic E-state index is 8.75. The average molecular weight is 222 g/mol. The van der Waals surface area contributed by atoms with E-state index < -0.39 is 0 Å². The lowest BCUT2D eigenvalue weighted by molar-refractivity contribution is -0.108. The molecule has 0 spiro atoms. The predicted octanol–water partition coefficient (Wildman–Crippen LogP) is -0.481. The lowest BCUT2D eigenvalue weighted by Gasteiger charge is -2.49. The molecule has 1 aliphatic heterocycles. The predicted molar refractivity (Wildman–Crippen MR) is 59.3 cm³/mol. The third kappa shape index (κ3) is 2.49. The summed E-state index contributed by atoms with van der Waals surface area (Å²) in [4.78, 5) is 6.08. The highest BCUT2D eigenvalue weighted by atomic mass is 15.5. The molecule has 2 N–H and O–H groups in total. The minimum absolute atomic E-state index is 0.134. The van der Waals surface area contributed by atoms with Gasteiger partial charge in [0.2, 0.25) is 0 Å². The van der Waals surface area contributed by atoms with Crippen LogP contribution in [-0.2, 0) is 0 Å². The van der Waals surface area contributed by atoms with Gasteiger partial charge < -0.3 is 5.73 Å². The first-order valence-electron chi connectivity index (χ1n) is 5.33. The SMILES string of the molecule is CC1N(CC#N)CN(CC#N)C(C)N1CN. The summed E-state index contributed by atoms with van der Waals surface area (Å²) in [5.41, 5.74) is 5.71. The molecule has 6 nitrogen and oxygen atoms in total. The fraction of sp³-hybridized carbons (Fsp3) is 0.800. The molecule has 1 fully saturated rings. The van der Waals surface area contributed by atoms with Crippen LogP contribution >= 0.6 is 0 Å². The lowest BCUT2D eigenvalue weighted by atomic mass is 10.2. The van der Waals surface area contributed by atoms with Crippen molar-refractivity contribution in [2.45, 2.75) is 26.2 Å². The van der Waals surface area contributed by atoms with Crippen molar-refractivity contribution in [2.24, 2.45) is 5.73 Å². The van der Waals surface area contributed by atoms with E-state index in [2.05, 4.69) is 17.0 Å². The quantitative estimate of drug-likeness (QED) is 0.649. The highest BCUT2D eigenvalue weighted by Crippen LogP contribution is 2.18. The summed E-state index contributed by atoms with van der Waals surface area (Å²) in [5, 5.41) is 17.5. The van der Waals surface area contributed by atoms with Gasteiger partial charge in [0.25, 0.3) is 0 Å². The van der Waals surface area contributed by atoms with Crippen molar-refractivity contribution in [1.82, 2.24) is 14.7 Å². The van der Waals surface area contributed by atoms with Crippen molar-refractivity contribution in [3.8, 4) is 12.1 Å². The number of nitrogens with zero attached hydrogens (tertiary/aromatic N) is 5. The topological polar surface area (TPSA) is 83.3 Å². The van der Waals surface area contributed by atoms with Crippen LogP contribution in [0, 0.1) is 22.7 Å². The van der Waals surface area contributed by atoms with E-state index in [0.717, 1.165) is 0 Å². The van der Waals surface area contributed by atoms with Gasteiger partial charge in [-0.15, -0.1) is 0 Å². The summed E-state index contributed by atoms with van der Waals surface area (Å²) in [7, 11) is 0. The van der Waals surface area contributed by atoms with Gasteiger partial charge in [0, 0.05) is 6.67 Å². The van der Waals surface area contributed by atoms with E-state index in [1.54, 1.807) is 0 Å². The van der Waals surface area contributed by atoms with E-state index in [4.69, 9.17) is 16.3 Å². The van der Waals surface area contributed by atoms with Crippen LogP contribution in [-0.4, -0.2) is 53.5 Å². The van der Waals surface area contributed by atoms with Crippen LogP contribution in [0.4, 0.5) is 0 Å². The average Bonchev–Trinajstić information content (AvgIpc) is 2.26. The van der Waals surface area contributed by atoms with Crippen molar-refractivity contribution in [1.29, 1.82) is 10.5 Å². The molecular weight excluding hydrogens is 204 g/mol. The first-order chi connectivity index (χ1) is 7.65. The second-order valence-corrected chi connectivity index (χ2v) is 3.91. The second-order valence-electron chi connectivity index (χ2n) is 3.91. The van der Waals surface area contributed by atoms with Crippen molar-refractivity contribution in [2.75, 3.05) is 26.4 Å². The van der Waals surface area contributed by atoms with Crippen molar-refractivity contribution < 1.29 is 0 Å². The fourth-order valence-electron chi connectivity index (χ4n) is 2.05. The Kier molecular flexibility index (Phi) is 4.66. The van der Waals surface area contributed by atoms with E-state index in [-0.39, 0.29) is 12.3 Å². The van der Waals surface area contributed by atoms with Crippen LogP contribution in [0.1, 0.15) is 13.8 Å². The molecule has 0 radical (unpaired) electrons. The molecule has 2 atom stereocenters. The van der Waals surface area contributed by atoms with E-state index in [1.807, 2.05) is 23.6 Å². The molecule has 6 heteroatoms. The third-order valence-electron chi connectivity index (χ3n) is 3.14. The van der Waals surface area contributed by atoms with Gasteiger partial charge in [-0.3, -0.25) is 14.7 Å². The molecule has 0 aliphatic carbocycles. The molecule has 2 unspecified atom stereocenters. The molecule has 1 aliphatic rings. The molecule has 0 saturated carbocycles. The van der Waals surface area contributed by atoms with E-state index in [1.165, 1.54) is 0 Å². The smallest absolute Gasteiger partial charge is 0.0888 e. The first-order valence-corrected chi connectivity index (χ1v) is 5.33. The lowest BCUT2D eigenvalue weighted by Crippen LogP contribution is -2.65. The van der Waals surface area contributed by atoms with Crippen LogP contribution in [0.5, 0.6) is 0 Å². The van der Waals surface area contributed by atoms with Crippen molar-refractivity contribution in [3.63, 3.8) is 0 Å². The number of rotatable bonds is 3. The molecule has 0 aromatic rings. The molecule has 16 heavy (non-hydrogen) atoms. The van der Waals surface area contributed by atoms with Crippen LogP contribution in [0.2, 0.25) is 0 Å². The Bertz CT molecular complexity index is 275. The zero-order chi connectivity index (χ0) is 12.1. The molecule has 0 aromatic carbocycles. The van der Waals surface area contributed by atoms with Gasteiger partial charge in [0.1, 0.15) is 0 Å². The molecule has 0 aromatic heterocycles. The summed E-state index contributed by atoms with van der Waals surface area (Å²) in [6.45, 7) is 5.83. The van der Waals surface area contributed by atoms with Gasteiger partial charge >= 0.3 is 0 Å². The second kappa shape index (κ2) is 5.78. The molecule has 1 heterocycles. The highest BCUT2D eigenvalue weighted by molar-refractivity contribution is 4.89. The minimum Gasteiger partial charge on any atom is -0.318 e. The monoisotopic (exact) mass is 222 g/mol. The van der Waals surface area contributed by atoms with Gasteiger partial charge in [-0.2, -0.15) is 10.5 Å².